The van der Waals surface area contributed by atoms with Gasteiger partial charge in [-0.1, -0.05) is 64.2 Å². The highest BCUT2D eigenvalue weighted by atomic mass is 79.9. The van der Waals surface area contributed by atoms with E-state index in [1.165, 1.54) is 16.7 Å². The normalized spacial score (nSPS) is 15.5. The Morgan fingerprint density at radius 2 is 2.04 bits per heavy atom. The van der Waals surface area contributed by atoms with Crippen molar-refractivity contribution in [2.24, 2.45) is 0 Å². The summed E-state index contributed by atoms with van der Waals surface area (Å²) in [5.41, 5.74) is 1.41. The molecule has 1 amide bonds. The zero-order valence-electron chi connectivity index (χ0n) is 13.7. The summed E-state index contributed by atoms with van der Waals surface area (Å²) in [7, 11) is 0. The van der Waals surface area contributed by atoms with Crippen molar-refractivity contribution < 1.29 is 9.53 Å². The standard InChI is InChI=1S/C19H12Br2ClNO2S2/c1-2-7-25-16-6-3-12(20)8-11(16)9-17-18(24)23(19(26)27-17)13-4-5-14(21)15(22)10-13/h2-6,8-10H,1,7H2/b17-9+. The van der Waals surface area contributed by atoms with Gasteiger partial charge in [0, 0.05) is 14.5 Å². The first-order valence-electron chi connectivity index (χ1n) is 7.67. The average molecular weight is 546 g/mol. The fourth-order valence-corrected chi connectivity index (χ4v) is 4.46. The number of hydrogen-bond acceptors (Lipinski definition) is 4. The second-order valence-corrected chi connectivity index (χ2v) is 9.25. The van der Waals surface area contributed by atoms with Gasteiger partial charge in [0.05, 0.1) is 15.6 Å². The van der Waals surface area contributed by atoms with Gasteiger partial charge in [-0.05, 0) is 58.4 Å². The van der Waals surface area contributed by atoms with Crippen LogP contribution in [0.15, 0.2) is 62.9 Å². The molecule has 0 atom stereocenters. The van der Waals surface area contributed by atoms with E-state index < -0.39 is 0 Å². The summed E-state index contributed by atoms with van der Waals surface area (Å²) in [5.74, 6) is 0.466. The van der Waals surface area contributed by atoms with Crippen LogP contribution in [0.3, 0.4) is 0 Å². The van der Waals surface area contributed by atoms with Crippen LogP contribution in [0.25, 0.3) is 6.08 Å². The number of thiocarbonyl (C=S) groups is 1. The van der Waals surface area contributed by atoms with Crippen LogP contribution in [0.5, 0.6) is 5.75 Å². The maximum atomic E-state index is 13.0. The predicted molar refractivity (Wildman–Crippen MR) is 125 cm³/mol. The van der Waals surface area contributed by atoms with Crippen LogP contribution >= 0.6 is 67.4 Å². The lowest BCUT2D eigenvalue weighted by atomic mass is 10.2. The summed E-state index contributed by atoms with van der Waals surface area (Å²) >= 11 is 19.6. The third-order valence-electron chi connectivity index (χ3n) is 3.57. The van der Waals surface area contributed by atoms with Gasteiger partial charge in [-0.3, -0.25) is 9.69 Å². The number of halogens is 3. The van der Waals surface area contributed by atoms with E-state index in [1.54, 1.807) is 30.4 Å². The Morgan fingerprint density at radius 3 is 2.74 bits per heavy atom. The van der Waals surface area contributed by atoms with E-state index in [0.717, 1.165) is 14.5 Å². The Kier molecular flexibility index (Phi) is 6.81. The monoisotopic (exact) mass is 543 g/mol. The fourth-order valence-electron chi connectivity index (χ4n) is 2.37. The molecule has 2 aromatic rings. The summed E-state index contributed by atoms with van der Waals surface area (Å²) in [6.07, 6.45) is 3.45. The highest BCUT2D eigenvalue weighted by molar-refractivity contribution is 9.10. The molecule has 0 unspecified atom stereocenters. The topological polar surface area (TPSA) is 29.5 Å². The first-order chi connectivity index (χ1) is 12.9. The number of rotatable bonds is 5. The maximum absolute atomic E-state index is 13.0. The van der Waals surface area contributed by atoms with Crippen LogP contribution in [-0.4, -0.2) is 16.8 Å². The molecule has 2 aromatic carbocycles. The Balaban J connectivity index is 1.96. The molecule has 0 spiro atoms. The van der Waals surface area contributed by atoms with Crippen LogP contribution < -0.4 is 9.64 Å². The minimum absolute atomic E-state index is 0.196. The molecule has 0 bridgehead atoms. The van der Waals surface area contributed by atoms with Crippen molar-refractivity contribution in [1.82, 2.24) is 0 Å². The molecule has 0 N–H and O–H groups in total. The lowest BCUT2D eigenvalue weighted by molar-refractivity contribution is -0.113. The minimum atomic E-state index is -0.196. The largest absolute Gasteiger partial charge is 0.489 e. The molecule has 1 fully saturated rings. The number of amides is 1. The molecule has 1 aliphatic rings. The van der Waals surface area contributed by atoms with Crippen LogP contribution in [0, 0.1) is 0 Å². The fraction of sp³-hybridized carbons (Fsp3) is 0.0526. The van der Waals surface area contributed by atoms with Crippen LogP contribution in [-0.2, 0) is 4.79 Å². The Labute approximate surface area is 188 Å². The number of ether oxygens (including phenoxy) is 1. The van der Waals surface area contributed by atoms with Crippen molar-refractivity contribution >= 4 is 89.4 Å². The third-order valence-corrected chi connectivity index (χ3v) is 6.60. The lowest BCUT2D eigenvalue weighted by Crippen LogP contribution is -2.27. The number of thioether (sulfide) groups is 1. The number of hydrogen-bond donors (Lipinski definition) is 0. The van der Waals surface area contributed by atoms with E-state index in [1.807, 2.05) is 18.2 Å². The highest BCUT2D eigenvalue weighted by Crippen LogP contribution is 2.39. The molecule has 1 heterocycles. The molecule has 1 aliphatic heterocycles. The van der Waals surface area contributed by atoms with Gasteiger partial charge in [-0.2, -0.15) is 0 Å². The quantitative estimate of drug-likeness (QED) is 0.234. The van der Waals surface area contributed by atoms with Crippen molar-refractivity contribution in [2.75, 3.05) is 11.5 Å². The molecule has 0 radical (unpaired) electrons. The number of benzene rings is 2. The number of anilines is 1. The van der Waals surface area contributed by atoms with E-state index in [4.69, 9.17) is 28.6 Å². The van der Waals surface area contributed by atoms with Gasteiger partial charge < -0.3 is 4.74 Å². The minimum Gasteiger partial charge on any atom is -0.489 e. The van der Waals surface area contributed by atoms with Crippen molar-refractivity contribution in [2.45, 2.75) is 0 Å². The molecule has 3 nitrogen and oxygen atoms in total. The first-order valence-corrected chi connectivity index (χ1v) is 10.9. The van der Waals surface area contributed by atoms with Crippen LogP contribution in [0.2, 0.25) is 5.02 Å². The highest BCUT2D eigenvalue weighted by Gasteiger charge is 2.33. The SMILES string of the molecule is C=CCOc1ccc(Br)cc1/C=C1/SC(=S)N(c2ccc(Br)c(Cl)c2)C1=O. The van der Waals surface area contributed by atoms with E-state index >= 15 is 0 Å². The van der Waals surface area contributed by atoms with Gasteiger partial charge in [0.1, 0.15) is 12.4 Å². The smallest absolute Gasteiger partial charge is 0.270 e. The molecule has 8 heteroatoms. The first kappa shape index (κ1) is 20.6. The van der Waals surface area contributed by atoms with Crippen molar-refractivity contribution in [3.05, 3.63) is 73.5 Å². The molecular formula is C19H12Br2ClNO2S2. The summed E-state index contributed by atoms with van der Waals surface area (Å²) in [4.78, 5) is 14.9. The summed E-state index contributed by atoms with van der Waals surface area (Å²) in [6.45, 7) is 4.04. The Hall–Kier alpha value is -1.12. The van der Waals surface area contributed by atoms with Gasteiger partial charge in [-0.15, -0.1) is 0 Å². The molecule has 1 saturated heterocycles. The van der Waals surface area contributed by atoms with Crippen LogP contribution in [0.4, 0.5) is 5.69 Å². The van der Waals surface area contributed by atoms with E-state index in [9.17, 15) is 4.79 Å². The summed E-state index contributed by atoms with van der Waals surface area (Å²) in [6, 6.07) is 10.9. The number of nitrogens with zero attached hydrogens (tertiary/aromatic N) is 1. The molecule has 138 valence electrons. The van der Waals surface area contributed by atoms with E-state index in [2.05, 4.69) is 38.4 Å². The van der Waals surface area contributed by atoms with E-state index in [0.29, 0.717) is 32.3 Å². The zero-order valence-corrected chi connectivity index (χ0v) is 19.3. The third kappa shape index (κ3) is 4.66. The second-order valence-electron chi connectivity index (χ2n) is 5.40. The predicted octanol–water partition coefficient (Wildman–Crippen LogP) is 6.84. The number of carbonyl (C=O) groups excluding carboxylic acids is 1. The van der Waals surface area contributed by atoms with Crippen molar-refractivity contribution in [1.29, 1.82) is 0 Å². The molecule has 0 aliphatic carbocycles. The van der Waals surface area contributed by atoms with Crippen LogP contribution in [0.1, 0.15) is 5.56 Å². The second kappa shape index (κ2) is 8.92. The molecule has 0 saturated carbocycles. The van der Waals surface area contributed by atoms with E-state index in [-0.39, 0.29) is 5.91 Å². The van der Waals surface area contributed by atoms with Gasteiger partial charge in [-0.25, -0.2) is 0 Å². The number of carbonyl (C=O) groups is 1. The molecule has 3 rings (SSSR count). The van der Waals surface area contributed by atoms with Gasteiger partial charge in [0.2, 0.25) is 0 Å². The van der Waals surface area contributed by atoms with Crippen molar-refractivity contribution in [3.8, 4) is 5.75 Å². The molecular weight excluding hydrogens is 534 g/mol. The van der Waals surface area contributed by atoms with Crippen molar-refractivity contribution in [3.63, 3.8) is 0 Å². The average Bonchev–Trinajstić information content (AvgIpc) is 2.90. The Morgan fingerprint density at radius 1 is 1.26 bits per heavy atom. The van der Waals surface area contributed by atoms with Gasteiger partial charge in [0.25, 0.3) is 5.91 Å². The summed E-state index contributed by atoms with van der Waals surface area (Å²) in [5, 5.41) is 0.512. The maximum Gasteiger partial charge on any atom is 0.270 e. The Bertz CT molecular complexity index is 978. The molecule has 0 aromatic heterocycles. The zero-order chi connectivity index (χ0) is 19.6. The van der Waals surface area contributed by atoms with Gasteiger partial charge >= 0.3 is 0 Å². The molecule has 27 heavy (non-hydrogen) atoms. The van der Waals surface area contributed by atoms with Gasteiger partial charge in [0.15, 0.2) is 4.32 Å². The summed E-state index contributed by atoms with van der Waals surface area (Å²) < 4.78 is 7.77. The lowest BCUT2D eigenvalue weighted by Gasteiger charge is -2.15.